The van der Waals surface area contributed by atoms with Gasteiger partial charge in [-0.2, -0.15) is 0 Å². The molecule has 0 aliphatic rings. The van der Waals surface area contributed by atoms with Crippen molar-refractivity contribution in [3.05, 3.63) is 30.3 Å². The number of ether oxygens (including phenoxy) is 1. The van der Waals surface area contributed by atoms with E-state index in [4.69, 9.17) is 10.5 Å². The van der Waals surface area contributed by atoms with Crippen molar-refractivity contribution < 1.29 is 9.53 Å². The third-order valence-electron chi connectivity index (χ3n) is 1.67. The topological polar surface area (TPSA) is 76.4 Å². The molecule has 0 aromatic heterocycles. The fraction of sp³-hybridized carbons (Fsp3) is 0.300. The first-order valence-corrected chi connectivity index (χ1v) is 4.75. The van der Waals surface area contributed by atoms with Gasteiger partial charge in [0, 0.05) is 6.54 Å². The van der Waals surface area contributed by atoms with Crippen LogP contribution in [0.25, 0.3) is 0 Å². The van der Waals surface area contributed by atoms with E-state index in [1.54, 1.807) is 0 Å². The van der Waals surface area contributed by atoms with E-state index in [0.717, 1.165) is 12.2 Å². The van der Waals surface area contributed by atoms with Gasteiger partial charge >= 0.3 is 6.03 Å². The molecule has 0 saturated carbocycles. The van der Waals surface area contributed by atoms with E-state index < -0.39 is 6.03 Å². The van der Waals surface area contributed by atoms with Crippen LogP contribution in [0.4, 0.5) is 4.79 Å². The summed E-state index contributed by atoms with van der Waals surface area (Å²) >= 11 is 0. The van der Waals surface area contributed by atoms with Crippen molar-refractivity contribution in [1.82, 2.24) is 10.9 Å². The normalized spacial score (nSPS) is 9.60. The number of primary amides is 1. The number of hydrogen-bond donors (Lipinski definition) is 3. The minimum atomic E-state index is -0.584. The maximum atomic E-state index is 10.3. The van der Waals surface area contributed by atoms with Gasteiger partial charge in [0.05, 0.1) is 6.61 Å². The second kappa shape index (κ2) is 6.67. The number of nitrogens with one attached hydrogen (secondary N) is 2. The molecule has 0 saturated heterocycles. The molecule has 2 amide bonds. The Kier molecular flexibility index (Phi) is 5.03. The molecule has 0 aliphatic heterocycles. The first-order valence-electron chi connectivity index (χ1n) is 4.75. The lowest BCUT2D eigenvalue weighted by Crippen LogP contribution is -2.41. The molecular weight excluding hydrogens is 194 g/mol. The number of urea groups is 1. The highest BCUT2D eigenvalue weighted by atomic mass is 16.5. The van der Waals surface area contributed by atoms with Crippen molar-refractivity contribution in [3.63, 3.8) is 0 Å². The standard InChI is InChI=1S/C10H15N3O2/c11-10(14)13-12-7-4-8-15-9-5-2-1-3-6-9/h1-3,5-6,12H,4,7-8H2,(H3,11,13,14). The van der Waals surface area contributed by atoms with Crippen LogP contribution in [0.3, 0.4) is 0 Å². The summed E-state index contributed by atoms with van der Waals surface area (Å²) in [6.45, 7) is 1.22. The predicted molar refractivity (Wildman–Crippen MR) is 57.3 cm³/mol. The summed E-state index contributed by atoms with van der Waals surface area (Å²) in [7, 11) is 0. The lowest BCUT2D eigenvalue weighted by molar-refractivity contribution is 0.243. The molecule has 5 nitrogen and oxygen atoms in total. The molecule has 82 valence electrons. The van der Waals surface area contributed by atoms with Gasteiger partial charge in [-0.05, 0) is 18.6 Å². The fourth-order valence-corrected chi connectivity index (χ4v) is 1.02. The summed E-state index contributed by atoms with van der Waals surface area (Å²) < 4.78 is 5.43. The van der Waals surface area contributed by atoms with E-state index >= 15 is 0 Å². The van der Waals surface area contributed by atoms with Gasteiger partial charge in [0.2, 0.25) is 0 Å². The molecule has 5 heteroatoms. The molecule has 0 atom stereocenters. The monoisotopic (exact) mass is 209 g/mol. The molecular formula is C10H15N3O2. The third kappa shape index (κ3) is 5.53. The van der Waals surface area contributed by atoms with Crippen LogP contribution in [0.1, 0.15) is 6.42 Å². The van der Waals surface area contributed by atoms with Crippen LogP contribution in [0.15, 0.2) is 30.3 Å². The third-order valence-corrected chi connectivity index (χ3v) is 1.67. The molecule has 0 heterocycles. The Labute approximate surface area is 88.6 Å². The SMILES string of the molecule is NC(=O)NNCCCOc1ccccc1. The van der Waals surface area contributed by atoms with Crippen molar-refractivity contribution >= 4 is 6.03 Å². The van der Waals surface area contributed by atoms with Gasteiger partial charge in [0.25, 0.3) is 0 Å². The number of benzene rings is 1. The predicted octanol–water partition coefficient (Wildman–Crippen LogP) is 0.628. The highest BCUT2D eigenvalue weighted by Crippen LogP contribution is 2.07. The number of amides is 2. The lowest BCUT2D eigenvalue weighted by Gasteiger charge is -2.06. The highest BCUT2D eigenvalue weighted by molar-refractivity contribution is 5.70. The van der Waals surface area contributed by atoms with Gasteiger partial charge in [-0.3, -0.25) is 5.43 Å². The maximum absolute atomic E-state index is 10.3. The number of hydrazine groups is 1. The minimum Gasteiger partial charge on any atom is -0.494 e. The minimum absolute atomic E-state index is 0.584. The van der Waals surface area contributed by atoms with Gasteiger partial charge in [0.15, 0.2) is 0 Å². The number of rotatable bonds is 6. The van der Waals surface area contributed by atoms with Crippen LogP contribution in [0, 0.1) is 0 Å². The molecule has 15 heavy (non-hydrogen) atoms. The molecule has 0 fully saturated rings. The number of nitrogens with two attached hydrogens (primary N) is 1. The van der Waals surface area contributed by atoms with Crippen molar-refractivity contribution in [1.29, 1.82) is 0 Å². The maximum Gasteiger partial charge on any atom is 0.326 e. The zero-order valence-electron chi connectivity index (χ0n) is 8.40. The van der Waals surface area contributed by atoms with E-state index in [2.05, 4.69) is 10.9 Å². The smallest absolute Gasteiger partial charge is 0.326 e. The average molecular weight is 209 g/mol. The molecule has 0 spiro atoms. The van der Waals surface area contributed by atoms with E-state index in [1.807, 2.05) is 30.3 Å². The highest BCUT2D eigenvalue weighted by Gasteiger charge is 1.92. The number of carbonyl (C=O) groups excluding carboxylic acids is 1. The summed E-state index contributed by atoms with van der Waals surface area (Å²) in [4.78, 5) is 10.3. The zero-order chi connectivity index (χ0) is 10.9. The first-order chi connectivity index (χ1) is 7.29. The van der Waals surface area contributed by atoms with Crippen LogP contribution in [0.2, 0.25) is 0 Å². The Morgan fingerprint density at radius 3 is 2.73 bits per heavy atom. The molecule has 4 N–H and O–H groups in total. The summed E-state index contributed by atoms with van der Waals surface area (Å²) in [6, 6.07) is 8.98. The summed E-state index contributed by atoms with van der Waals surface area (Å²) in [5, 5.41) is 0. The van der Waals surface area contributed by atoms with Gasteiger partial charge in [0.1, 0.15) is 5.75 Å². The van der Waals surface area contributed by atoms with Crippen LogP contribution < -0.4 is 21.3 Å². The van der Waals surface area contributed by atoms with Gasteiger partial charge in [-0.1, -0.05) is 18.2 Å². The molecule has 0 aliphatic carbocycles. The Bertz CT molecular complexity index is 290. The molecule has 0 bridgehead atoms. The van der Waals surface area contributed by atoms with E-state index in [1.165, 1.54) is 0 Å². The van der Waals surface area contributed by atoms with Gasteiger partial charge in [-0.15, -0.1) is 0 Å². The second-order valence-electron chi connectivity index (χ2n) is 2.93. The lowest BCUT2D eigenvalue weighted by atomic mass is 10.3. The summed E-state index contributed by atoms with van der Waals surface area (Å²) in [5.41, 5.74) is 9.80. The molecule has 0 unspecified atom stereocenters. The van der Waals surface area contributed by atoms with E-state index in [9.17, 15) is 4.79 Å². The Morgan fingerprint density at radius 2 is 2.07 bits per heavy atom. The van der Waals surface area contributed by atoms with E-state index in [0.29, 0.717) is 13.2 Å². The Hall–Kier alpha value is -1.75. The molecule has 1 aromatic carbocycles. The first kappa shape index (κ1) is 11.3. The Balaban J connectivity index is 2.00. The van der Waals surface area contributed by atoms with Crippen LogP contribution in [-0.2, 0) is 0 Å². The van der Waals surface area contributed by atoms with Gasteiger partial charge < -0.3 is 10.5 Å². The molecule has 1 aromatic rings. The molecule has 1 rings (SSSR count). The molecule has 0 radical (unpaired) electrons. The van der Waals surface area contributed by atoms with Crippen molar-refractivity contribution in [3.8, 4) is 5.75 Å². The van der Waals surface area contributed by atoms with Crippen LogP contribution >= 0.6 is 0 Å². The van der Waals surface area contributed by atoms with Crippen molar-refractivity contribution in [2.75, 3.05) is 13.2 Å². The Morgan fingerprint density at radius 1 is 1.33 bits per heavy atom. The quantitative estimate of drug-likeness (QED) is 0.475. The van der Waals surface area contributed by atoms with Gasteiger partial charge in [-0.25, -0.2) is 10.2 Å². The van der Waals surface area contributed by atoms with Crippen LogP contribution in [-0.4, -0.2) is 19.2 Å². The fourth-order valence-electron chi connectivity index (χ4n) is 1.02. The van der Waals surface area contributed by atoms with Crippen molar-refractivity contribution in [2.24, 2.45) is 5.73 Å². The zero-order valence-corrected chi connectivity index (χ0v) is 8.40. The summed E-state index contributed by atoms with van der Waals surface area (Å²) in [6.07, 6.45) is 0.787. The van der Waals surface area contributed by atoms with Crippen LogP contribution in [0.5, 0.6) is 5.75 Å². The van der Waals surface area contributed by atoms with E-state index in [-0.39, 0.29) is 0 Å². The van der Waals surface area contributed by atoms with Crippen molar-refractivity contribution in [2.45, 2.75) is 6.42 Å². The average Bonchev–Trinajstić information content (AvgIpc) is 2.24. The number of para-hydroxylation sites is 1. The summed E-state index contributed by atoms with van der Waals surface area (Å²) in [5.74, 6) is 0.848. The number of hydrogen-bond acceptors (Lipinski definition) is 3. The second-order valence-corrected chi connectivity index (χ2v) is 2.93. The number of carbonyl (C=O) groups is 1. The largest absolute Gasteiger partial charge is 0.494 e.